The van der Waals surface area contributed by atoms with Gasteiger partial charge in [-0.15, -0.1) is 0 Å². The van der Waals surface area contributed by atoms with Gasteiger partial charge in [-0.1, -0.05) is 73.4 Å². The van der Waals surface area contributed by atoms with Crippen molar-refractivity contribution in [1.29, 1.82) is 0 Å². The topological polar surface area (TPSA) is 181 Å². The summed E-state index contributed by atoms with van der Waals surface area (Å²) in [5, 5.41) is 5.54. The highest BCUT2D eigenvalue weighted by Gasteiger charge is 2.55. The second kappa shape index (κ2) is 30.9. The van der Waals surface area contributed by atoms with Crippen molar-refractivity contribution in [2.24, 2.45) is 22.7 Å². The number of ketones is 2. The number of ether oxygens (including phenoxy) is 4. The monoisotopic (exact) mass is 1320 g/mol. The van der Waals surface area contributed by atoms with Crippen LogP contribution in [0, 0.1) is 22.7 Å². The molecular formula is C81H92Cl2N4O8. The fourth-order valence-electron chi connectivity index (χ4n) is 14.8. The molecule has 0 aliphatic heterocycles. The number of nitrogen functional groups attached to an aromatic ring is 2. The van der Waals surface area contributed by atoms with Gasteiger partial charge in [0.05, 0.1) is 0 Å². The molecule has 12 rings (SSSR count). The van der Waals surface area contributed by atoms with Crippen LogP contribution in [0.15, 0.2) is 170 Å². The molecule has 498 valence electrons. The Morgan fingerprint density at radius 3 is 1.26 bits per heavy atom. The summed E-state index contributed by atoms with van der Waals surface area (Å²) in [4.78, 5) is 48.8. The first-order chi connectivity index (χ1) is 45.3. The number of benzene rings is 8. The number of Topliss-reactive ketones (excluding diaryl/α,β-unsaturated/α-hetero) is 2. The molecule has 4 aliphatic carbocycles. The van der Waals surface area contributed by atoms with E-state index < -0.39 is 10.7 Å². The molecule has 2 saturated carbocycles. The molecule has 6 unspecified atom stereocenters. The summed E-state index contributed by atoms with van der Waals surface area (Å²) >= 11 is 11.9. The molecule has 8 aromatic rings. The highest BCUT2D eigenvalue weighted by molar-refractivity contribution is 6.68. The van der Waals surface area contributed by atoms with Crippen molar-refractivity contribution in [3.63, 3.8) is 0 Å². The van der Waals surface area contributed by atoms with E-state index in [1.54, 1.807) is 38.1 Å². The van der Waals surface area contributed by atoms with E-state index in [1.165, 1.54) is 27.8 Å². The van der Waals surface area contributed by atoms with Crippen LogP contribution in [0.4, 0.5) is 22.7 Å². The van der Waals surface area contributed by atoms with Crippen LogP contribution >= 0.6 is 23.2 Å². The maximum atomic E-state index is 12.4. The SMILES string of the molecule is CC(=O)c1cc2c(cc1C(C)C)CCC1C2CCCC1(C)C(C)=O.CC(C)c1cc2c(cc1C(=O)Cl)C1(C)CCCC(C)(C(=O)Cl)C1CC2.CNc1ccc(Oc2ccc(Oc3ccc(NC)cc3)cc2)cc1.Nc1ccc(Oc2ccc(Oc3ccc(N)cc3)cc2)cc1. The molecule has 8 aromatic carbocycles. The summed E-state index contributed by atoms with van der Waals surface area (Å²) in [6, 6.07) is 53.7. The summed E-state index contributed by atoms with van der Waals surface area (Å²) in [5.41, 5.74) is 23.0. The Kier molecular flexibility index (Phi) is 23.0. The molecule has 0 spiro atoms. The number of carbonyl (C=O) groups excluding carboxylic acids is 4. The van der Waals surface area contributed by atoms with Crippen LogP contribution in [-0.2, 0) is 27.8 Å². The van der Waals surface area contributed by atoms with Gasteiger partial charge in [0.25, 0.3) is 5.24 Å². The standard InChI is InChI=1S/C22H30O2.C21H26Cl2O2.C20H20N2O2.C18H16N2O2/c1-13(2)18-11-16-8-9-21-17(20(16)12-19(18)14(3)23)7-6-10-22(21,5)15(4)24;1-12(2)14-10-13-6-7-17-20(3,16(13)11-15(14)18(22)24)8-5-9-21(17,4)19(23)25;1-21-15-3-7-17(8-4-15)23-19-11-13-20(14-12-19)24-18-9-5-16(22-2)6-10-18;19-13-1-5-15(6-2-13)21-17-9-11-18(12-10-17)22-16-7-3-14(20)4-8-16/h11-13,17,21H,6-10H2,1-5H3;10-12,17H,5-9H2,1-4H3;3-14,21-22H,1-2H3;1-12H,19-20H2. The van der Waals surface area contributed by atoms with Gasteiger partial charge in [-0.3, -0.25) is 19.2 Å². The first kappa shape index (κ1) is 70.7. The Balaban J connectivity index is 0.000000149. The van der Waals surface area contributed by atoms with Gasteiger partial charge < -0.3 is 41.0 Å². The maximum absolute atomic E-state index is 12.4. The molecule has 0 saturated heterocycles. The van der Waals surface area contributed by atoms with Crippen molar-refractivity contribution < 1.29 is 38.1 Å². The number of fused-ring (bicyclic) bond motifs is 6. The number of nitrogens with two attached hydrogens (primary N) is 2. The second-order valence-corrected chi connectivity index (χ2v) is 27.8. The largest absolute Gasteiger partial charge is 0.457 e. The van der Waals surface area contributed by atoms with Crippen molar-refractivity contribution >= 4 is 68.0 Å². The molecule has 0 amide bonds. The molecule has 0 radical (unpaired) electrons. The minimum atomic E-state index is -0.492. The van der Waals surface area contributed by atoms with Crippen molar-refractivity contribution in [2.75, 3.05) is 36.2 Å². The number of hydrogen-bond acceptors (Lipinski definition) is 12. The molecule has 0 bridgehead atoms. The molecule has 95 heavy (non-hydrogen) atoms. The highest BCUT2D eigenvalue weighted by Crippen LogP contribution is 2.59. The third kappa shape index (κ3) is 16.7. The van der Waals surface area contributed by atoms with Gasteiger partial charge in [0.1, 0.15) is 51.8 Å². The predicted octanol–water partition coefficient (Wildman–Crippen LogP) is 21.2. The molecule has 6 atom stereocenters. The smallest absolute Gasteiger partial charge is 0.252 e. The zero-order valence-corrected chi connectivity index (χ0v) is 58.3. The van der Waals surface area contributed by atoms with E-state index in [2.05, 4.69) is 70.4 Å². The van der Waals surface area contributed by atoms with E-state index >= 15 is 0 Å². The molecule has 2 fully saturated rings. The van der Waals surface area contributed by atoms with Crippen molar-refractivity contribution in [3.8, 4) is 46.0 Å². The Morgan fingerprint density at radius 2 is 0.874 bits per heavy atom. The Bertz CT molecular complexity index is 3830. The van der Waals surface area contributed by atoms with Crippen LogP contribution in [0.5, 0.6) is 46.0 Å². The molecule has 0 heterocycles. The lowest BCUT2D eigenvalue weighted by Crippen LogP contribution is -2.51. The van der Waals surface area contributed by atoms with Crippen LogP contribution in [-0.4, -0.2) is 36.1 Å². The molecule has 14 heteroatoms. The fourth-order valence-corrected chi connectivity index (χ4v) is 15.1. The Hall–Kier alpha value is -8.58. The minimum absolute atomic E-state index is 0.137. The van der Waals surface area contributed by atoms with Crippen LogP contribution < -0.4 is 41.0 Å². The highest BCUT2D eigenvalue weighted by atomic mass is 35.5. The predicted molar refractivity (Wildman–Crippen MR) is 387 cm³/mol. The van der Waals surface area contributed by atoms with Gasteiger partial charge in [0.15, 0.2) is 5.78 Å². The maximum Gasteiger partial charge on any atom is 0.252 e. The number of nitrogens with one attached hydrogen (secondary N) is 2. The number of hydrogen-bond donors (Lipinski definition) is 4. The van der Waals surface area contributed by atoms with Crippen LogP contribution in [0.25, 0.3) is 0 Å². The van der Waals surface area contributed by atoms with Gasteiger partial charge >= 0.3 is 0 Å². The third-order valence-electron chi connectivity index (χ3n) is 20.2. The zero-order valence-electron chi connectivity index (χ0n) is 56.8. The lowest BCUT2D eigenvalue weighted by Gasteiger charge is -2.54. The summed E-state index contributed by atoms with van der Waals surface area (Å²) in [5.74, 6) is 8.25. The average molecular weight is 1320 g/mol. The summed E-state index contributed by atoms with van der Waals surface area (Å²) in [7, 11) is 3.78. The molecule has 4 aliphatic rings. The number of carbonyl (C=O) groups is 4. The van der Waals surface area contributed by atoms with E-state index in [4.69, 9.17) is 53.6 Å². The van der Waals surface area contributed by atoms with Crippen molar-refractivity contribution in [3.05, 3.63) is 214 Å². The molecule has 0 aromatic heterocycles. The average Bonchev–Trinajstić information content (AvgIpc) is 0.726. The number of aryl methyl sites for hydroxylation is 2. The zero-order chi connectivity index (χ0) is 68.4. The number of rotatable bonds is 16. The molecule has 12 nitrogen and oxygen atoms in total. The molecular weight excluding hydrogens is 1230 g/mol. The van der Waals surface area contributed by atoms with Gasteiger partial charge in [0, 0.05) is 58.8 Å². The molecule has 6 N–H and O–H groups in total. The van der Waals surface area contributed by atoms with Gasteiger partial charge in [-0.05, 0) is 315 Å². The van der Waals surface area contributed by atoms with Crippen LogP contribution in [0.3, 0.4) is 0 Å². The third-order valence-corrected chi connectivity index (χ3v) is 20.8. The van der Waals surface area contributed by atoms with Gasteiger partial charge in [0.2, 0.25) is 5.24 Å². The quantitative estimate of drug-likeness (QED) is 0.0409. The summed E-state index contributed by atoms with van der Waals surface area (Å²) in [6.45, 7) is 18.4. The first-order valence-corrected chi connectivity index (χ1v) is 34.0. The number of halogens is 2. The second-order valence-electron chi connectivity index (χ2n) is 27.1. The summed E-state index contributed by atoms with van der Waals surface area (Å²) < 4.78 is 23.1. The van der Waals surface area contributed by atoms with Crippen molar-refractivity contribution in [2.45, 2.75) is 150 Å². The van der Waals surface area contributed by atoms with E-state index in [-0.39, 0.29) is 33.7 Å². The number of anilines is 4. The van der Waals surface area contributed by atoms with E-state index in [0.717, 1.165) is 133 Å². The first-order valence-electron chi connectivity index (χ1n) is 33.3. The van der Waals surface area contributed by atoms with Gasteiger partial charge in [-0.25, -0.2) is 0 Å². The Morgan fingerprint density at radius 1 is 0.484 bits per heavy atom. The Labute approximate surface area is 571 Å². The van der Waals surface area contributed by atoms with Crippen LogP contribution in [0.1, 0.15) is 186 Å². The lowest BCUT2D eigenvalue weighted by atomic mass is 9.50. The minimum Gasteiger partial charge on any atom is -0.457 e. The lowest BCUT2D eigenvalue weighted by molar-refractivity contribution is -0.131. The van der Waals surface area contributed by atoms with E-state index in [9.17, 15) is 19.2 Å². The van der Waals surface area contributed by atoms with Crippen LogP contribution in [0.2, 0.25) is 0 Å². The van der Waals surface area contributed by atoms with Gasteiger partial charge in [-0.2, -0.15) is 0 Å². The van der Waals surface area contributed by atoms with E-state index in [0.29, 0.717) is 40.5 Å². The van der Waals surface area contributed by atoms with Crippen molar-refractivity contribution in [1.82, 2.24) is 0 Å². The fraction of sp³-hybridized carbons (Fsp3) is 0.358. The van der Waals surface area contributed by atoms with E-state index in [1.807, 2.05) is 148 Å². The normalized spacial score (nSPS) is 20.5. The summed E-state index contributed by atoms with van der Waals surface area (Å²) in [6.07, 6.45) is 10.1.